The number of nitrogens with one attached hydrogen (secondary N) is 1. The molecule has 2 aromatic carbocycles. The van der Waals surface area contributed by atoms with Gasteiger partial charge >= 0.3 is 0 Å². The maximum atomic E-state index is 6.36. The van der Waals surface area contributed by atoms with Crippen LogP contribution in [-0.2, 0) is 0 Å². The van der Waals surface area contributed by atoms with Crippen molar-refractivity contribution >= 4 is 46.4 Å². The van der Waals surface area contributed by atoms with Crippen molar-refractivity contribution in [2.24, 2.45) is 0 Å². The number of hydrogen-bond donors (Lipinski definition) is 1. The summed E-state index contributed by atoms with van der Waals surface area (Å²) in [5.41, 5.74) is 1.88. The third-order valence-electron chi connectivity index (χ3n) is 3.11. The summed E-state index contributed by atoms with van der Waals surface area (Å²) in [6.45, 7) is 2.95. The minimum atomic E-state index is -0.104. The van der Waals surface area contributed by atoms with E-state index in [1.807, 2.05) is 24.3 Å². The highest BCUT2D eigenvalue weighted by Gasteiger charge is 2.18. The summed E-state index contributed by atoms with van der Waals surface area (Å²) in [4.78, 5) is 0. The molecule has 1 atom stereocenters. The molecule has 2 aromatic rings. The molecule has 21 heavy (non-hydrogen) atoms. The van der Waals surface area contributed by atoms with E-state index in [4.69, 9.17) is 46.4 Å². The van der Waals surface area contributed by atoms with Crippen LogP contribution in [0.1, 0.15) is 30.5 Å². The van der Waals surface area contributed by atoms with Gasteiger partial charge in [0.25, 0.3) is 0 Å². The van der Waals surface area contributed by atoms with Gasteiger partial charge in [-0.1, -0.05) is 65.5 Å². The van der Waals surface area contributed by atoms with E-state index >= 15 is 0 Å². The van der Waals surface area contributed by atoms with Gasteiger partial charge in [-0.25, -0.2) is 0 Å². The van der Waals surface area contributed by atoms with Gasteiger partial charge in [0.15, 0.2) is 0 Å². The molecular formula is C16H15Cl4N. The van der Waals surface area contributed by atoms with Crippen LogP contribution in [0.15, 0.2) is 36.4 Å². The van der Waals surface area contributed by atoms with E-state index in [1.54, 1.807) is 12.1 Å². The number of hydrogen-bond acceptors (Lipinski definition) is 1. The van der Waals surface area contributed by atoms with E-state index in [9.17, 15) is 0 Å². The monoisotopic (exact) mass is 361 g/mol. The third-order valence-corrected chi connectivity index (χ3v) is 4.38. The molecule has 0 aliphatic rings. The summed E-state index contributed by atoms with van der Waals surface area (Å²) in [7, 11) is 0. The minimum absolute atomic E-state index is 0.104. The Hall–Kier alpha value is -0.440. The van der Waals surface area contributed by atoms with Gasteiger partial charge in [-0.05, 0) is 48.4 Å². The Labute approximate surface area is 145 Å². The number of rotatable bonds is 5. The summed E-state index contributed by atoms with van der Waals surface area (Å²) >= 11 is 24.7. The van der Waals surface area contributed by atoms with E-state index in [-0.39, 0.29) is 6.04 Å². The smallest absolute Gasteiger partial charge is 0.0643 e. The summed E-state index contributed by atoms with van der Waals surface area (Å²) in [5.74, 6) is 0. The number of halogens is 4. The highest BCUT2D eigenvalue weighted by molar-refractivity contribution is 6.42. The Morgan fingerprint density at radius 3 is 2.29 bits per heavy atom. The highest BCUT2D eigenvalue weighted by Crippen LogP contribution is 2.35. The van der Waals surface area contributed by atoms with Gasteiger partial charge in [0, 0.05) is 10.0 Å². The second-order valence-corrected chi connectivity index (χ2v) is 6.39. The van der Waals surface area contributed by atoms with Gasteiger partial charge in [-0.3, -0.25) is 0 Å². The molecule has 2 rings (SSSR count). The Kier molecular flexibility index (Phi) is 6.21. The lowest BCUT2D eigenvalue weighted by molar-refractivity contribution is 0.599. The fourth-order valence-electron chi connectivity index (χ4n) is 2.18. The van der Waals surface area contributed by atoms with Crippen molar-refractivity contribution in [2.45, 2.75) is 19.4 Å². The SMILES string of the molecule is CCCNC(c1cc(Cl)cc(Cl)c1)c1cccc(Cl)c1Cl. The molecule has 0 aliphatic carbocycles. The second-order valence-electron chi connectivity index (χ2n) is 4.73. The molecule has 5 heteroatoms. The molecular weight excluding hydrogens is 348 g/mol. The summed E-state index contributed by atoms with van der Waals surface area (Å²) in [6.07, 6.45) is 1.00. The minimum Gasteiger partial charge on any atom is -0.306 e. The van der Waals surface area contributed by atoms with Crippen LogP contribution in [0.3, 0.4) is 0 Å². The molecule has 0 aliphatic heterocycles. The first-order valence-electron chi connectivity index (χ1n) is 6.66. The molecule has 0 bridgehead atoms. The molecule has 1 N–H and O–H groups in total. The van der Waals surface area contributed by atoms with Crippen molar-refractivity contribution in [3.05, 3.63) is 67.6 Å². The fourth-order valence-corrected chi connectivity index (χ4v) is 3.14. The molecule has 1 unspecified atom stereocenters. The molecule has 0 fully saturated rings. The van der Waals surface area contributed by atoms with Gasteiger partial charge < -0.3 is 5.32 Å². The Bertz CT molecular complexity index is 607. The summed E-state index contributed by atoms with van der Waals surface area (Å²) < 4.78 is 0. The van der Waals surface area contributed by atoms with Crippen LogP contribution in [0.2, 0.25) is 20.1 Å². The molecule has 0 saturated carbocycles. The normalized spacial score (nSPS) is 12.4. The van der Waals surface area contributed by atoms with Crippen LogP contribution in [-0.4, -0.2) is 6.54 Å². The molecule has 1 nitrogen and oxygen atoms in total. The van der Waals surface area contributed by atoms with E-state index < -0.39 is 0 Å². The summed E-state index contributed by atoms with van der Waals surface area (Å²) in [6, 6.07) is 11.0. The molecule has 0 radical (unpaired) electrons. The Morgan fingerprint density at radius 2 is 1.67 bits per heavy atom. The molecule has 0 amide bonds. The Balaban J connectivity index is 2.49. The van der Waals surface area contributed by atoms with Crippen molar-refractivity contribution in [2.75, 3.05) is 6.54 Å². The zero-order valence-corrected chi connectivity index (χ0v) is 14.5. The predicted octanol–water partition coefficient (Wildman–Crippen LogP) is 6.39. The first kappa shape index (κ1) is 16.9. The van der Waals surface area contributed by atoms with Crippen LogP contribution >= 0.6 is 46.4 Å². The van der Waals surface area contributed by atoms with Gasteiger partial charge in [0.1, 0.15) is 0 Å². The van der Waals surface area contributed by atoms with E-state index in [2.05, 4.69) is 12.2 Å². The average Bonchev–Trinajstić information content (AvgIpc) is 2.42. The van der Waals surface area contributed by atoms with Crippen molar-refractivity contribution in [3.63, 3.8) is 0 Å². The molecule has 0 aromatic heterocycles. The van der Waals surface area contributed by atoms with E-state index in [1.165, 1.54) is 0 Å². The molecule has 0 heterocycles. The van der Waals surface area contributed by atoms with Crippen molar-refractivity contribution in [3.8, 4) is 0 Å². The largest absolute Gasteiger partial charge is 0.306 e. The van der Waals surface area contributed by atoms with Gasteiger partial charge in [-0.15, -0.1) is 0 Å². The Morgan fingerprint density at radius 1 is 1.00 bits per heavy atom. The van der Waals surface area contributed by atoms with Crippen molar-refractivity contribution < 1.29 is 0 Å². The number of benzene rings is 2. The van der Waals surface area contributed by atoms with Gasteiger partial charge in [-0.2, -0.15) is 0 Å². The lowest BCUT2D eigenvalue weighted by atomic mass is 9.98. The molecule has 112 valence electrons. The van der Waals surface area contributed by atoms with Gasteiger partial charge in [0.05, 0.1) is 16.1 Å². The average molecular weight is 363 g/mol. The van der Waals surface area contributed by atoms with Gasteiger partial charge in [0.2, 0.25) is 0 Å². The van der Waals surface area contributed by atoms with Crippen LogP contribution < -0.4 is 5.32 Å². The predicted molar refractivity (Wildman–Crippen MR) is 93.1 cm³/mol. The lowest BCUT2D eigenvalue weighted by Crippen LogP contribution is -2.23. The maximum Gasteiger partial charge on any atom is 0.0643 e. The fraction of sp³-hybridized carbons (Fsp3) is 0.250. The maximum absolute atomic E-state index is 6.36. The van der Waals surface area contributed by atoms with E-state index in [0.29, 0.717) is 20.1 Å². The zero-order valence-electron chi connectivity index (χ0n) is 11.5. The van der Waals surface area contributed by atoms with Crippen LogP contribution in [0.4, 0.5) is 0 Å². The first-order chi connectivity index (χ1) is 10.0. The lowest BCUT2D eigenvalue weighted by Gasteiger charge is -2.21. The molecule has 0 spiro atoms. The second kappa shape index (κ2) is 7.71. The van der Waals surface area contributed by atoms with E-state index in [0.717, 1.165) is 24.1 Å². The molecule has 0 saturated heterocycles. The topological polar surface area (TPSA) is 12.0 Å². The first-order valence-corrected chi connectivity index (χ1v) is 8.17. The summed E-state index contributed by atoms with van der Waals surface area (Å²) in [5, 5.41) is 5.73. The zero-order chi connectivity index (χ0) is 15.4. The third kappa shape index (κ3) is 4.28. The van der Waals surface area contributed by atoms with Crippen molar-refractivity contribution in [1.29, 1.82) is 0 Å². The van der Waals surface area contributed by atoms with Crippen LogP contribution in [0.25, 0.3) is 0 Å². The van der Waals surface area contributed by atoms with Crippen LogP contribution in [0.5, 0.6) is 0 Å². The van der Waals surface area contributed by atoms with Crippen LogP contribution in [0, 0.1) is 0 Å². The quantitative estimate of drug-likeness (QED) is 0.649. The highest BCUT2D eigenvalue weighted by atomic mass is 35.5. The standard InChI is InChI=1S/C16H15Cl4N/c1-2-6-21-16(10-7-11(17)9-12(18)8-10)13-4-3-5-14(19)15(13)20/h3-5,7-9,16,21H,2,6H2,1H3. The van der Waals surface area contributed by atoms with Crippen molar-refractivity contribution in [1.82, 2.24) is 5.32 Å².